The molecule has 0 aliphatic heterocycles. The highest BCUT2D eigenvalue weighted by Gasteiger charge is 2.15. The predicted molar refractivity (Wildman–Crippen MR) is 73.6 cm³/mol. The number of amides is 1. The van der Waals surface area contributed by atoms with Crippen LogP contribution in [0.4, 0.5) is 20.2 Å². The standard InChI is InChI=1S/C14H10F2N2O4/c15-10-6-5-9(7-11(10)16)17-14(19)8-22-13-4-2-1-3-12(13)18(20)21/h1-7H,8H2,(H,17,19). The molecule has 0 bridgehead atoms. The van der Waals surface area contributed by atoms with Gasteiger partial charge >= 0.3 is 5.69 Å². The van der Waals surface area contributed by atoms with E-state index in [-0.39, 0.29) is 17.1 Å². The third kappa shape index (κ3) is 3.75. The zero-order chi connectivity index (χ0) is 16.1. The van der Waals surface area contributed by atoms with E-state index in [0.717, 1.165) is 12.1 Å². The summed E-state index contributed by atoms with van der Waals surface area (Å²) in [5, 5.41) is 13.1. The summed E-state index contributed by atoms with van der Waals surface area (Å²) in [6.07, 6.45) is 0. The van der Waals surface area contributed by atoms with Crippen LogP contribution in [-0.4, -0.2) is 17.4 Å². The molecule has 8 heteroatoms. The molecule has 6 nitrogen and oxygen atoms in total. The van der Waals surface area contributed by atoms with Crippen molar-refractivity contribution in [2.75, 3.05) is 11.9 Å². The van der Waals surface area contributed by atoms with Gasteiger partial charge in [0.15, 0.2) is 24.0 Å². The normalized spacial score (nSPS) is 10.1. The monoisotopic (exact) mass is 308 g/mol. The number of carbonyl (C=O) groups excluding carboxylic acids is 1. The van der Waals surface area contributed by atoms with Crippen molar-refractivity contribution in [1.82, 2.24) is 0 Å². The average molecular weight is 308 g/mol. The van der Waals surface area contributed by atoms with Crippen LogP contribution in [0.2, 0.25) is 0 Å². The van der Waals surface area contributed by atoms with Gasteiger partial charge in [-0.3, -0.25) is 14.9 Å². The molecular weight excluding hydrogens is 298 g/mol. The molecule has 0 fully saturated rings. The Labute approximate surface area is 123 Å². The molecule has 2 aromatic rings. The summed E-state index contributed by atoms with van der Waals surface area (Å²) in [4.78, 5) is 21.8. The summed E-state index contributed by atoms with van der Waals surface area (Å²) >= 11 is 0. The number of nitrogens with zero attached hydrogens (tertiary/aromatic N) is 1. The number of para-hydroxylation sites is 2. The second-order valence-corrected chi connectivity index (χ2v) is 4.19. The molecule has 0 heterocycles. The zero-order valence-electron chi connectivity index (χ0n) is 11.1. The maximum absolute atomic E-state index is 13.0. The number of carbonyl (C=O) groups is 1. The Morgan fingerprint density at radius 1 is 1.18 bits per heavy atom. The van der Waals surface area contributed by atoms with E-state index in [0.29, 0.717) is 0 Å². The lowest BCUT2D eigenvalue weighted by atomic mass is 10.3. The summed E-state index contributed by atoms with van der Waals surface area (Å²) in [7, 11) is 0. The zero-order valence-corrected chi connectivity index (χ0v) is 11.1. The lowest BCUT2D eigenvalue weighted by molar-refractivity contribution is -0.385. The SMILES string of the molecule is O=C(COc1ccccc1[N+](=O)[O-])Nc1ccc(F)c(F)c1. The molecule has 0 aliphatic rings. The number of anilines is 1. The van der Waals surface area contributed by atoms with Crippen molar-refractivity contribution in [2.45, 2.75) is 0 Å². The van der Waals surface area contributed by atoms with Crippen molar-refractivity contribution < 1.29 is 23.2 Å². The molecule has 0 radical (unpaired) electrons. The van der Waals surface area contributed by atoms with Gasteiger partial charge in [0.25, 0.3) is 5.91 Å². The van der Waals surface area contributed by atoms with Gasteiger partial charge in [-0.1, -0.05) is 12.1 Å². The van der Waals surface area contributed by atoms with Crippen molar-refractivity contribution in [3.05, 3.63) is 64.2 Å². The quantitative estimate of drug-likeness (QED) is 0.680. The Kier molecular flexibility index (Phi) is 4.62. The van der Waals surface area contributed by atoms with Gasteiger partial charge in [-0.15, -0.1) is 0 Å². The van der Waals surface area contributed by atoms with E-state index in [1.807, 2.05) is 0 Å². The third-order valence-electron chi connectivity index (χ3n) is 2.62. The minimum Gasteiger partial charge on any atom is -0.477 e. The van der Waals surface area contributed by atoms with Crippen LogP contribution in [0.15, 0.2) is 42.5 Å². The number of nitro groups is 1. The highest BCUT2D eigenvalue weighted by molar-refractivity contribution is 5.91. The molecule has 0 saturated carbocycles. The van der Waals surface area contributed by atoms with Crippen LogP contribution in [0.1, 0.15) is 0 Å². The lowest BCUT2D eigenvalue weighted by Gasteiger charge is -2.08. The van der Waals surface area contributed by atoms with Gasteiger partial charge in [0, 0.05) is 17.8 Å². The molecular formula is C14H10F2N2O4. The first kappa shape index (κ1) is 15.4. The first-order valence-corrected chi connectivity index (χ1v) is 6.08. The first-order chi connectivity index (χ1) is 10.5. The van der Waals surface area contributed by atoms with Crippen molar-refractivity contribution in [3.8, 4) is 5.75 Å². The largest absolute Gasteiger partial charge is 0.477 e. The highest BCUT2D eigenvalue weighted by atomic mass is 19.2. The van der Waals surface area contributed by atoms with Gasteiger partial charge in [-0.25, -0.2) is 8.78 Å². The van der Waals surface area contributed by atoms with Gasteiger partial charge in [-0.05, 0) is 18.2 Å². The van der Waals surface area contributed by atoms with Gasteiger partial charge in [0.05, 0.1) is 4.92 Å². The fourth-order valence-corrected chi connectivity index (χ4v) is 1.64. The van der Waals surface area contributed by atoms with Crippen molar-refractivity contribution in [3.63, 3.8) is 0 Å². The molecule has 2 aromatic carbocycles. The van der Waals surface area contributed by atoms with Crippen LogP contribution in [0.25, 0.3) is 0 Å². The number of ether oxygens (including phenoxy) is 1. The summed E-state index contributed by atoms with van der Waals surface area (Å²) < 4.78 is 30.8. The van der Waals surface area contributed by atoms with Gasteiger partial charge < -0.3 is 10.1 Å². The van der Waals surface area contributed by atoms with E-state index >= 15 is 0 Å². The van der Waals surface area contributed by atoms with Crippen LogP contribution in [0.5, 0.6) is 5.75 Å². The van der Waals surface area contributed by atoms with E-state index in [1.54, 1.807) is 0 Å². The number of hydrogen-bond donors (Lipinski definition) is 1. The van der Waals surface area contributed by atoms with E-state index in [2.05, 4.69) is 5.32 Å². The van der Waals surface area contributed by atoms with Gasteiger partial charge in [-0.2, -0.15) is 0 Å². The summed E-state index contributed by atoms with van der Waals surface area (Å²) in [6.45, 7) is -0.510. The summed E-state index contributed by atoms with van der Waals surface area (Å²) in [5.74, 6) is -2.86. The van der Waals surface area contributed by atoms with Crippen LogP contribution in [-0.2, 0) is 4.79 Å². The first-order valence-electron chi connectivity index (χ1n) is 6.08. The third-order valence-corrected chi connectivity index (χ3v) is 2.62. The molecule has 0 saturated heterocycles. The number of benzene rings is 2. The summed E-state index contributed by atoms with van der Waals surface area (Å²) in [6, 6.07) is 8.45. The van der Waals surface area contributed by atoms with Crippen molar-refractivity contribution >= 4 is 17.3 Å². The maximum Gasteiger partial charge on any atom is 0.310 e. The number of halogens is 2. The summed E-state index contributed by atoms with van der Waals surface area (Å²) in [5.41, 5.74) is -0.224. The van der Waals surface area contributed by atoms with E-state index in [4.69, 9.17) is 4.74 Å². The van der Waals surface area contributed by atoms with E-state index in [1.165, 1.54) is 30.3 Å². The number of nitro benzene ring substituents is 1. The lowest BCUT2D eigenvalue weighted by Crippen LogP contribution is -2.20. The Bertz CT molecular complexity index is 722. The van der Waals surface area contributed by atoms with E-state index in [9.17, 15) is 23.7 Å². The Morgan fingerprint density at radius 3 is 2.59 bits per heavy atom. The Balaban J connectivity index is 1.98. The second kappa shape index (κ2) is 6.61. The molecule has 0 spiro atoms. The minimum atomic E-state index is -1.10. The Hall–Kier alpha value is -3.03. The van der Waals surface area contributed by atoms with Crippen LogP contribution in [0.3, 0.4) is 0 Å². The average Bonchev–Trinajstić information content (AvgIpc) is 2.49. The fraction of sp³-hybridized carbons (Fsp3) is 0.0714. The smallest absolute Gasteiger partial charge is 0.310 e. The van der Waals surface area contributed by atoms with Crippen molar-refractivity contribution in [2.24, 2.45) is 0 Å². The molecule has 0 aliphatic carbocycles. The molecule has 0 aromatic heterocycles. The maximum atomic E-state index is 13.0. The topological polar surface area (TPSA) is 81.5 Å². The molecule has 0 unspecified atom stereocenters. The molecule has 1 N–H and O–H groups in total. The molecule has 0 atom stereocenters. The Morgan fingerprint density at radius 2 is 1.91 bits per heavy atom. The molecule has 114 valence electrons. The van der Waals surface area contributed by atoms with Gasteiger partial charge in [0.1, 0.15) is 0 Å². The van der Waals surface area contributed by atoms with Crippen LogP contribution < -0.4 is 10.1 Å². The minimum absolute atomic E-state index is 0.0510. The molecule has 22 heavy (non-hydrogen) atoms. The number of nitrogens with one attached hydrogen (secondary N) is 1. The second-order valence-electron chi connectivity index (χ2n) is 4.19. The number of rotatable bonds is 5. The van der Waals surface area contributed by atoms with Crippen molar-refractivity contribution in [1.29, 1.82) is 0 Å². The van der Waals surface area contributed by atoms with Gasteiger partial charge in [0.2, 0.25) is 0 Å². The predicted octanol–water partition coefficient (Wildman–Crippen LogP) is 2.89. The van der Waals surface area contributed by atoms with E-state index < -0.39 is 29.1 Å². The van der Waals surface area contributed by atoms with Crippen LogP contribution >= 0.6 is 0 Å². The van der Waals surface area contributed by atoms with Crippen LogP contribution in [0, 0.1) is 21.7 Å². The molecule has 1 amide bonds. The number of hydrogen-bond acceptors (Lipinski definition) is 4. The fourth-order valence-electron chi connectivity index (χ4n) is 1.64. The molecule has 2 rings (SSSR count). The highest BCUT2D eigenvalue weighted by Crippen LogP contribution is 2.25.